The molecular weight excluding hydrogens is 298 g/mol. The Bertz CT molecular complexity index is 785. The number of para-hydroxylation sites is 1. The van der Waals surface area contributed by atoms with Gasteiger partial charge in [-0.2, -0.15) is 0 Å². The summed E-state index contributed by atoms with van der Waals surface area (Å²) in [5.74, 6) is -2.30. The van der Waals surface area contributed by atoms with Crippen LogP contribution in [0.2, 0.25) is 0 Å². The maximum atomic E-state index is 13.9. The Morgan fingerprint density at radius 3 is 2.19 bits per heavy atom. The molecule has 3 N–H and O–H groups in total. The molecule has 0 radical (unpaired) electrons. The predicted molar refractivity (Wildman–Crippen MR) is 77.5 cm³/mol. The Kier molecular flexibility index (Phi) is 3.87. The zero-order valence-electron chi connectivity index (χ0n) is 11.4. The lowest BCUT2D eigenvalue weighted by Crippen LogP contribution is -2.17. The molecule has 21 heavy (non-hydrogen) atoms. The maximum absolute atomic E-state index is 13.9. The molecule has 2 rings (SSSR count). The van der Waals surface area contributed by atoms with Gasteiger partial charge in [-0.25, -0.2) is 17.2 Å². The molecule has 0 aromatic heterocycles. The van der Waals surface area contributed by atoms with Gasteiger partial charge in [-0.3, -0.25) is 4.72 Å². The molecule has 2 aromatic carbocycles. The van der Waals surface area contributed by atoms with Crippen LogP contribution in [-0.4, -0.2) is 8.42 Å². The summed E-state index contributed by atoms with van der Waals surface area (Å²) in [5, 5.41) is 0. The number of nitrogens with two attached hydrogens (primary N) is 1. The fourth-order valence-corrected chi connectivity index (χ4v) is 3.22. The number of nitrogens with one attached hydrogen (secondary N) is 1. The van der Waals surface area contributed by atoms with Crippen LogP contribution in [0.5, 0.6) is 0 Å². The minimum atomic E-state index is -4.20. The van der Waals surface area contributed by atoms with E-state index in [2.05, 4.69) is 4.72 Å². The molecule has 7 heteroatoms. The molecule has 0 atom stereocenters. The summed E-state index contributed by atoms with van der Waals surface area (Å²) in [6.45, 7) is 3.44. The molecule has 0 aliphatic rings. The summed E-state index contributed by atoms with van der Waals surface area (Å²) in [6.07, 6.45) is 0. The lowest BCUT2D eigenvalue weighted by molar-refractivity contribution is 0.557. The summed E-state index contributed by atoms with van der Waals surface area (Å²) in [5.41, 5.74) is 6.11. The highest BCUT2D eigenvalue weighted by molar-refractivity contribution is 7.92. The van der Waals surface area contributed by atoms with E-state index < -0.39 is 32.2 Å². The van der Waals surface area contributed by atoms with Gasteiger partial charge in [0.05, 0.1) is 5.69 Å². The number of aryl methyl sites for hydroxylation is 2. The lowest BCUT2D eigenvalue weighted by Gasteiger charge is -2.14. The van der Waals surface area contributed by atoms with Crippen molar-refractivity contribution in [3.05, 3.63) is 53.1 Å². The van der Waals surface area contributed by atoms with Crippen molar-refractivity contribution in [3.63, 3.8) is 0 Å². The Balaban J connectivity index is 2.52. The quantitative estimate of drug-likeness (QED) is 0.856. The Morgan fingerprint density at radius 2 is 1.62 bits per heavy atom. The van der Waals surface area contributed by atoms with E-state index in [0.29, 0.717) is 16.8 Å². The number of halogens is 2. The second-order valence-electron chi connectivity index (χ2n) is 4.65. The first kappa shape index (κ1) is 15.2. The summed E-state index contributed by atoms with van der Waals surface area (Å²) >= 11 is 0. The van der Waals surface area contributed by atoms with E-state index in [4.69, 9.17) is 5.73 Å². The minimum Gasteiger partial charge on any atom is -0.394 e. The minimum absolute atomic E-state index is 0.361. The first-order valence-electron chi connectivity index (χ1n) is 6.06. The van der Waals surface area contributed by atoms with Gasteiger partial charge in [0.25, 0.3) is 10.0 Å². The molecule has 4 nitrogen and oxygen atoms in total. The van der Waals surface area contributed by atoms with Crippen molar-refractivity contribution in [1.82, 2.24) is 0 Å². The second-order valence-corrected chi connectivity index (χ2v) is 6.30. The van der Waals surface area contributed by atoms with Crippen molar-refractivity contribution >= 4 is 21.4 Å². The van der Waals surface area contributed by atoms with Gasteiger partial charge in [0.15, 0.2) is 5.82 Å². The van der Waals surface area contributed by atoms with Crippen molar-refractivity contribution in [2.75, 3.05) is 10.5 Å². The standard InChI is InChI=1S/C14H14F2N2O2S/c1-8-4-3-5-9(2)14(8)18-21(19,20)11-7-6-10(15)13(17)12(11)16/h3-7,18H,17H2,1-2H3. The van der Waals surface area contributed by atoms with Crippen LogP contribution in [0.1, 0.15) is 11.1 Å². The molecule has 0 aliphatic heterocycles. The van der Waals surface area contributed by atoms with Crippen molar-refractivity contribution < 1.29 is 17.2 Å². The Hall–Kier alpha value is -2.15. The van der Waals surface area contributed by atoms with Gasteiger partial charge < -0.3 is 5.73 Å². The molecule has 0 unspecified atom stereocenters. The van der Waals surface area contributed by atoms with E-state index in [1.807, 2.05) is 0 Å². The number of nitrogen functional groups attached to an aromatic ring is 1. The molecule has 2 aromatic rings. The first-order valence-corrected chi connectivity index (χ1v) is 7.55. The van der Waals surface area contributed by atoms with Gasteiger partial charge in [-0.05, 0) is 37.1 Å². The molecule has 0 aliphatic carbocycles. The van der Waals surface area contributed by atoms with Gasteiger partial charge in [0.2, 0.25) is 0 Å². The van der Waals surface area contributed by atoms with Crippen molar-refractivity contribution in [1.29, 1.82) is 0 Å². The van der Waals surface area contributed by atoms with Crippen LogP contribution in [0.15, 0.2) is 35.2 Å². The molecule has 0 heterocycles. The number of sulfonamides is 1. The molecule has 0 amide bonds. The number of rotatable bonds is 3. The zero-order valence-corrected chi connectivity index (χ0v) is 12.3. The van der Waals surface area contributed by atoms with Crippen molar-refractivity contribution in [2.24, 2.45) is 0 Å². The molecule has 0 bridgehead atoms. The highest BCUT2D eigenvalue weighted by Crippen LogP contribution is 2.27. The van der Waals surface area contributed by atoms with Crippen LogP contribution in [0.3, 0.4) is 0 Å². The molecule has 0 saturated carbocycles. The third-order valence-electron chi connectivity index (χ3n) is 3.10. The van der Waals surface area contributed by atoms with E-state index in [9.17, 15) is 17.2 Å². The normalized spacial score (nSPS) is 11.4. The van der Waals surface area contributed by atoms with Crippen molar-refractivity contribution in [2.45, 2.75) is 18.7 Å². The van der Waals surface area contributed by atoms with Crippen LogP contribution in [0.25, 0.3) is 0 Å². The fourth-order valence-electron chi connectivity index (χ4n) is 1.92. The van der Waals surface area contributed by atoms with Gasteiger partial charge in [-0.15, -0.1) is 0 Å². The molecule has 112 valence electrons. The highest BCUT2D eigenvalue weighted by Gasteiger charge is 2.23. The second kappa shape index (κ2) is 5.33. The zero-order chi connectivity index (χ0) is 15.8. The smallest absolute Gasteiger partial charge is 0.264 e. The average molecular weight is 312 g/mol. The third-order valence-corrected chi connectivity index (χ3v) is 4.47. The van der Waals surface area contributed by atoms with E-state index in [1.54, 1.807) is 32.0 Å². The summed E-state index contributed by atoms with van der Waals surface area (Å²) in [4.78, 5) is -0.691. The Morgan fingerprint density at radius 1 is 1.05 bits per heavy atom. The Labute approximate surface area is 121 Å². The lowest BCUT2D eigenvalue weighted by atomic mass is 10.1. The van der Waals surface area contributed by atoms with Crippen LogP contribution >= 0.6 is 0 Å². The molecule has 0 fully saturated rings. The van der Waals surface area contributed by atoms with Gasteiger partial charge in [0, 0.05) is 0 Å². The van der Waals surface area contributed by atoms with Crippen LogP contribution in [0, 0.1) is 25.5 Å². The monoisotopic (exact) mass is 312 g/mol. The van der Waals surface area contributed by atoms with Gasteiger partial charge in [-0.1, -0.05) is 18.2 Å². The SMILES string of the molecule is Cc1cccc(C)c1NS(=O)(=O)c1ccc(F)c(N)c1F. The van der Waals surface area contributed by atoms with E-state index in [1.165, 1.54) is 0 Å². The molecule has 0 saturated heterocycles. The van der Waals surface area contributed by atoms with Crippen LogP contribution < -0.4 is 10.5 Å². The van der Waals surface area contributed by atoms with Gasteiger partial charge >= 0.3 is 0 Å². The predicted octanol–water partition coefficient (Wildman–Crippen LogP) is 2.96. The number of hydrogen-bond donors (Lipinski definition) is 2. The van der Waals surface area contributed by atoms with Gasteiger partial charge in [0.1, 0.15) is 16.4 Å². The fraction of sp³-hybridized carbons (Fsp3) is 0.143. The summed E-state index contributed by atoms with van der Waals surface area (Å²) < 4.78 is 53.8. The summed E-state index contributed by atoms with van der Waals surface area (Å²) in [7, 11) is -4.20. The average Bonchev–Trinajstić information content (AvgIpc) is 2.40. The molecule has 0 spiro atoms. The van der Waals surface area contributed by atoms with Crippen LogP contribution in [0.4, 0.5) is 20.2 Å². The maximum Gasteiger partial charge on any atom is 0.264 e. The third kappa shape index (κ3) is 2.82. The number of benzene rings is 2. The van der Waals surface area contributed by atoms with Crippen molar-refractivity contribution in [3.8, 4) is 0 Å². The highest BCUT2D eigenvalue weighted by atomic mass is 32.2. The van der Waals surface area contributed by atoms with Crippen LogP contribution in [-0.2, 0) is 10.0 Å². The first-order chi connectivity index (χ1) is 9.74. The van der Waals surface area contributed by atoms with E-state index >= 15 is 0 Å². The largest absolute Gasteiger partial charge is 0.394 e. The number of anilines is 2. The van der Waals surface area contributed by atoms with E-state index in [0.717, 1.165) is 12.1 Å². The summed E-state index contributed by atoms with van der Waals surface area (Å²) in [6, 6.07) is 6.88. The molecular formula is C14H14F2N2O2S. The topological polar surface area (TPSA) is 72.2 Å². The number of hydrogen-bond acceptors (Lipinski definition) is 3. The van der Waals surface area contributed by atoms with E-state index in [-0.39, 0.29) is 0 Å².